The third-order valence-electron chi connectivity index (χ3n) is 3.68. The summed E-state index contributed by atoms with van der Waals surface area (Å²) < 4.78 is 0. The Morgan fingerprint density at radius 2 is 1.71 bits per heavy atom. The largest absolute Gasteiger partial charge is 0.353 e. The summed E-state index contributed by atoms with van der Waals surface area (Å²) in [5, 5.41) is 0. The Morgan fingerprint density at radius 3 is 2.33 bits per heavy atom. The van der Waals surface area contributed by atoms with Gasteiger partial charge in [-0.15, -0.1) is 11.6 Å². The molecule has 0 bridgehead atoms. The van der Waals surface area contributed by atoms with Gasteiger partial charge in [0, 0.05) is 50.6 Å². The number of anilines is 2. The molecule has 1 saturated heterocycles. The minimum Gasteiger partial charge on any atom is -0.353 e. The maximum Gasteiger partial charge on any atom is 0.225 e. The Hall–Kier alpha value is -1.88. The zero-order valence-corrected chi connectivity index (χ0v) is 12.8. The third-order valence-corrected chi connectivity index (χ3v) is 3.98. The molecule has 1 aliphatic rings. The number of halogens is 1. The van der Waals surface area contributed by atoms with Crippen LogP contribution in [0.15, 0.2) is 30.7 Å². The molecule has 0 aromatic carbocycles. The molecular formula is C15H18ClN5. The number of pyridine rings is 1. The highest BCUT2D eigenvalue weighted by atomic mass is 35.5. The van der Waals surface area contributed by atoms with E-state index in [0.717, 1.165) is 43.5 Å². The number of hydrogen-bond acceptors (Lipinski definition) is 5. The van der Waals surface area contributed by atoms with Gasteiger partial charge in [0.25, 0.3) is 0 Å². The molecule has 0 saturated carbocycles. The van der Waals surface area contributed by atoms with E-state index in [-0.39, 0.29) is 0 Å². The fourth-order valence-corrected chi connectivity index (χ4v) is 2.75. The number of hydrogen-bond donors (Lipinski definition) is 0. The molecule has 3 heterocycles. The van der Waals surface area contributed by atoms with Crippen LogP contribution in [0.2, 0.25) is 0 Å². The van der Waals surface area contributed by atoms with E-state index in [0.29, 0.717) is 5.88 Å². The lowest BCUT2D eigenvalue weighted by atomic mass is 10.2. The van der Waals surface area contributed by atoms with Gasteiger partial charge in [0.15, 0.2) is 0 Å². The average Bonchev–Trinajstić information content (AvgIpc) is 2.56. The summed E-state index contributed by atoms with van der Waals surface area (Å²) in [4.78, 5) is 17.7. The highest BCUT2D eigenvalue weighted by Crippen LogP contribution is 2.21. The van der Waals surface area contributed by atoms with Crippen molar-refractivity contribution in [2.45, 2.75) is 12.8 Å². The molecule has 0 aliphatic carbocycles. The third kappa shape index (κ3) is 3.08. The molecule has 3 rings (SSSR count). The summed E-state index contributed by atoms with van der Waals surface area (Å²) in [7, 11) is 0. The molecule has 1 aliphatic heterocycles. The molecule has 0 atom stereocenters. The van der Waals surface area contributed by atoms with E-state index < -0.39 is 0 Å². The summed E-state index contributed by atoms with van der Waals surface area (Å²) in [6.45, 7) is 5.74. The fourth-order valence-electron chi connectivity index (χ4n) is 2.60. The molecule has 2 aromatic heterocycles. The summed E-state index contributed by atoms with van der Waals surface area (Å²) in [5.74, 6) is 2.37. The van der Waals surface area contributed by atoms with E-state index in [1.54, 1.807) is 12.4 Å². The lowest BCUT2D eigenvalue weighted by Gasteiger charge is -2.36. The van der Waals surface area contributed by atoms with E-state index in [9.17, 15) is 0 Å². The minimum absolute atomic E-state index is 0.507. The van der Waals surface area contributed by atoms with E-state index in [1.165, 1.54) is 5.56 Å². The molecule has 6 heteroatoms. The van der Waals surface area contributed by atoms with E-state index >= 15 is 0 Å². The molecule has 1 fully saturated rings. The second-order valence-corrected chi connectivity index (χ2v) is 5.41. The first kappa shape index (κ1) is 14.1. The first-order chi connectivity index (χ1) is 10.3. The first-order valence-corrected chi connectivity index (χ1v) is 7.60. The van der Waals surface area contributed by atoms with Gasteiger partial charge in [-0.1, -0.05) is 0 Å². The van der Waals surface area contributed by atoms with Crippen LogP contribution >= 0.6 is 11.6 Å². The van der Waals surface area contributed by atoms with Crippen molar-refractivity contribution in [1.29, 1.82) is 0 Å². The number of aryl methyl sites for hydroxylation is 1. The second-order valence-electron chi connectivity index (χ2n) is 5.14. The Kier molecular flexibility index (Phi) is 4.20. The van der Waals surface area contributed by atoms with Gasteiger partial charge in [-0.2, -0.15) is 0 Å². The monoisotopic (exact) mass is 303 g/mol. The first-order valence-electron chi connectivity index (χ1n) is 7.06. The van der Waals surface area contributed by atoms with Gasteiger partial charge in [-0.3, -0.25) is 0 Å². The topological polar surface area (TPSA) is 45.2 Å². The highest BCUT2D eigenvalue weighted by Gasteiger charge is 2.20. The minimum atomic E-state index is 0.507. The molecule has 110 valence electrons. The number of aromatic nitrogens is 3. The maximum atomic E-state index is 5.85. The van der Waals surface area contributed by atoms with Crippen LogP contribution in [0.4, 0.5) is 11.8 Å². The van der Waals surface area contributed by atoms with E-state index in [1.807, 2.05) is 12.3 Å². The van der Waals surface area contributed by atoms with Crippen LogP contribution in [0.5, 0.6) is 0 Å². The predicted molar refractivity (Wildman–Crippen MR) is 85.0 cm³/mol. The van der Waals surface area contributed by atoms with E-state index in [4.69, 9.17) is 11.6 Å². The van der Waals surface area contributed by atoms with Crippen molar-refractivity contribution in [3.63, 3.8) is 0 Å². The van der Waals surface area contributed by atoms with Crippen molar-refractivity contribution in [3.8, 4) is 0 Å². The standard InChI is InChI=1S/C15H18ClN5/c1-12-9-13(10-16)11-19-14(12)20-5-7-21(8-6-20)15-17-3-2-4-18-15/h2-4,9,11H,5-8,10H2,1H3. The molecular weight excluding hydrogens is 286 g/mol. The smallest absolute Gasteiger partial charge is 0.225 e. The van der Waals surface area contributed by atoms with Crippen LogP contribution in [0.3, 0.4) is 0 Å². The Balaban J connectivity index is 1.68. The Morgan fingerprint density at radius 1 is 1.05 bits per heavy atom. The molecule has 0 N–H and O–H groups in total. The molecule has 21 heavy (non-hydrogen) atoms. The van der Waals surface area contributed by atoms with Gasteiger partial charge in [0.2, 0.25) is 5.95 Å². The highest BCUT2D eigenvalue weighted by molar-refractivity contribution is 6.17. The quantitative estimate of drug-likeness (QED) is 0.814. The summed E-state index contributed by atoms with van der Waals surface area (Å²) in [6.07, 6.45) is 5.43. The molecule has 0 unspecified atom stereocenters. The molecule has 0 spiro atoms. The Labute approximate surface area is 129 Å². The second kappa shape index (κ2) is 6.26. The van der Waals surface area contributed by atoms with Crippen molar-refractivity contribution < 1.29 is 0 Å². The molecule has 0 amide bonds. The van der Waals surface area contributed by atoms with Crippen LogP contribution in [0.25, 0.3) is 0 Å². The van der Waals surface area contributed by atoms with Crippen LogP contribution < -0.4 is 9.80 Å². The van der Waals surface area contributed by atoms with Crippen molar-refractivity contribution in [2.75, 3.05) is 36.0 Å². The Bertz CT molecular complexity index is 596. The lowest BCUT2D eigenvalue weighted by molar-refractivity contribution is 0.633. The van der Waals surface area contributed by atoms with E-state index in [2.05, 4.69) is 37.7 Å². The van der Waals surface area contributed by atoms with Crippen molar-refractivity contribution >= 4 is 23.4 Å². The molecule has 2 aromatic rings. The summed E-state index contributed by atoms with van der Waals surface area (Å²) >= 11 is 5.85. The van der Waals surface area contributed by atoms with Gasteiger partial charge >= 0.3 is 0 Å². The van der Waals surface area contributed by atoms with Gasteiger partial charge < -0.3 is 9.80 Å². The molecule has 0 radical (unpaired) electrons. The molecule has 5 nitrogen and oxygen atoms in total. The zero-order valence-electron chi connectivity index (χ0n) is 12.0. The van der Waals surface area contributed by atoms with Crippen molar-refractivity contribution in [3.05, 3.63) is 41.9 Å². The fraction of sp³-hybridized carbons (Fsp3) is 0.400. The van der Waals surface area contributed by atoms with Crippen LogP contribution in [-0.4, -0.2) is 41.1 Å². The van der Waals surface area contributed by atoms with Gasteiger partial charge in [-0.05, 0) is 30.2 Å². The predicted octanol–water partition coefficient (Wildman–Crippen LogP) is 2.25. The normalized spacial score (nSPS) is 15.3. The van der Waals surface area contributed by atoms with Gasteiger partial charge in [0.1, 0.15) is 5.82 Å². The van der Waals surface area contributed by atoms with Crippen molar-refractivity contribution in [2.24, 2.45) is 0 Å². The SMILES string of the molecule is Cc1cc(CCl)cnc1N1CCN(c2ncccn2)CC1. The number of piperazine rings is 1. The van der Waals surface area contributed by atoms with Gasteiger partial charge in [-0.25, -0.2) is 15.0 Å². The average molecular weight is 304 g/mol. The zero-order chi connectivity index (χ0) is 14.7. The van der Waals surface area contributed by atoms with Crippen LogP contribution in [0, 0.1) is 6.92 Å². The maximum absolute atomic E-state index is 5.85. The van der Waals surface area contributed by atoms with Crippen LogP contribution in [-0.2, 0) is 5.88 Å². The van der Waals surface area contributed by atoms with Crippen LogP contribution in [0.1, 0.15) is 11.1 Å². The number of rotatable bonds is 3. The van der Waals surface area contributed by atoms with Crippen molar-refractivity contribution in [1.82, 2.24) is 15.0 Å². The number of nitrogens with zero attached hydrogens (tertiary/aromatic N) is 5. The number of alkyl halides is 1. The summed E-state index contributed by atoms with van der Waals surface area (Å²) in [5.41, 5.74) is 2.24. The lowest BCUT2D eigenvalue weighted by Crippen LogP contribution is -2.47. The summed E-state index contributed by atoms with van der Waals surface area (Å²) in [6, 6.07) is 3.95. The van der Waals surface area contributed by atoms with Gasteiger partial charge in [0.05, 0.1) is 0 Å².